The molecule has 4 rings (SSSR count). The SMILES string of the molecule is COc1cc(O)c(C(CC(=O)N2CC(C)C[C@H](C)C2)c2cnc3ccccc3c2)c(OC)c1. The molecule has 174 valence electrons. The first-order valence-corrected chi connectivity index (χ1v) is 11.5. The van der Waals surface area contributed by atoms with Gasteiger partial charge in [0, 0.05) is 54.7 Å². The summed E-state index contributed by atoms with van der Waals surface area (Å²) in [5, 5.41) is 12.0. The minimum Gasteiger partial charge on any atom is -0.507 e. The van der Waals surface area contributed by atoms with E-state index in [1.165, 1.54) is 0 Å². The normalized spacial score (nSPS) is 19.3. The third kappa shape index (κ3) is 4.90. The average molecular weight is 449 g/mol. The highest BCUT2D eigenvalue weighted by Crippen LogP contribution is 2.43. The Morgan fingerprint density at radius 2 is 1.85 bits per heavy atom. The summed E-state index contributed by atoms with van der Waals surface area (Å²) < 4.78 is 10.9. The van der Waals surface area contributed by atoms with E-state index in [9.17, 15) is 9.90 Å². The van der Waals surface area contributed by atoms with Crippen LogP contribution in [0.4, 0.5) is 0 Å². The van der Waals surface area contributed by atoms with Crippen LogP contribution in [-0.4, -0.2) is 48.2 Å². The molecule has 1 aliphatic heterocycles. The number of methoxy groups -OCH3 is 2. The van der Waals surface area contributed by atoms with Crippen molar-refractivity contribution >= 4 is 16.8 Å². The molecule has 3 aromatic rings. The molecular weight excluding hydrogens is 416 g/mol. The van der Waals surface area contributed by atoms with Gasteiger partial charge in [0.2, 0.25) is 5.91 Å². The fourth-order valence-electron chi connectivity index (χ4n) is 5.06. The lowest BCUT2D eigenvalue weighted by Gasteiger charge is -2.36. The average Bonchev–Trinajstić information content (AvgIpc) is 2.81. The third-order valence-electron chi connectivity index (χ3n) is 6.51. The summed E-state index contributed by atoms with van der Waals surface area (Å²) in [5.41, 5.74) is 2.32. The van der Waals surface area contributed by atoms with Gasteiger partial charge in [0.05, 0.1) is 19.7 Å². The van der Waals surface area contributed by atoms with Crippen LogP contribution in [-0.2, 0) is 4.79 Å². The molecule has 3 atom stereocenters. The Hall–Kier alpha value is -3.28. The Labute approximate surface area is 195 Å². The van der Waals surface area contributed by atoms with Gasteiger partial charge in [-0.05, 0) is 36.0 Å². The van der Waals surface area contributed by atoms with E-state index in [0.717, 1.165) is 36.0 Å². The van der Waals surface area contributed by atoms with Gasteiger partial charge >= 0.3 is 0 Å². The van der Waals surface area contributed by atoms with Gasteiger partial charge in [0.25, 0.3) is 0 Å². The van der Waals surface area contributed by atoms with Crippen LogP contribution in [0.25, 0.3) is 10.9 Å². The summed E-state index contributed by atoms with van der Waals surface area (Å²) >= 11 is 0. The predicted molar refractivity (Wildman–Crippen MR) is 129 cm³/mol. The number of amides is 1. The number of carbonyl (C=O) groups is 1. The maximum Gasteiger partial charge on any atom is 0.223 e. The number of aromatic hydroxyl groups is 1. The number of pyridine rings is 1. The van der Waals surface area contributed by atoms with Crippen LogP contribution in [0.3, 0.4) is 0 Å². The number of ether oxygens (including phenoxy) is 2. The van der Waals surface area contributed by atoms with Crippen LogP contribution in [0.2, 0.25) is 0 Å². The smallest absolute Gasteiger partial charge is 0.223 e. The monoisotopic (exact) mass is 448 g/mol. The molecular formula is C27H32N2O4. The number of hydrogen-bond acceptors (Lipinski definition) is 5. The number of hydrogen-bond donors (Lipinski definition) is 1. The molecule has 0 saturated carbocycles. The molecule has 1 N–H and O–H groups in total. The zero-order valence-electron chi connectivity index (χ0n) is 19.7. The van der Waals surface area contributed by atoms with E-state index in [1.807, 2.05) is 35.2 Å². The summed E-state index contributed by atoms with van der Waals surface area (Å²) in [6.45, 7) is 5.91. The quantitative estimate of drug-likeness (QED) is 0.576. The number of benzene rings is 2. The first-order valence-electron chi connectivity index (χ1n) is 11.5. The number of aromatic nitrogens is 1. The Morgan fingerprint density at radius 1 is 1.12 bits per heavy atom. The highest BCUT2D eigenvalue weighted by atomic mass is 16.5. The summed E-state index contributed by atoms with van der Waals surface area (Å²) in [6.07, 6.45) is 3.15. The van der Waals surface area contributed by atoms with E-state index in [2.05, 4.69) is 18.8 Å². The first-order chi connectivity index (χ1) is 15.9. The number of phenolic OH excluding ortho intramolecular Hbond substituents is 1. The van der Waals surface area contributed by atoms with Crippen LogP contribution in [0, 0.1) is 11.8 Å². The molecule has 1 aromatic heterocycles. The highest BCUT2D eigenvalue weighted by Gasteiger charge is 2.31. The van der Waals surface area contributed by atoms with Crippen molar-refractivity contribution in [2.45, 2.75) is 32.6 Å². The molecule has 1 fully saturated rings. The van der Waals surface area contributed by atoms with Crippen LogP contribution >= 0.6 is 0 Å². The molecule has 2 heterocycles. The van der Waals surface area contributed by atoms with Gasteiger partial charge in [-0.25, -0.2) is 0 Å². The van der Waals surface area contributed by atoms with Gasteiger partial charge < -0.3 is 19.5 Å². The number of carbonyl (C=O) groups excluding carboxylic acids is 1. The number of nitrogens with zero attached hydrogens (tertiary/aromatic N) is 2. The zero-order valence-corrected chi connectivity index (χ0v) is 19.7. The second-order valence-corrected chi connectivity index (χ2v) is 9.23. The van der Waals surface area contributed by atoms with Crippen molar-refractivity contribution in [2.75, 3.05) is 27.3 Å². The lowest BCUT2D eigenvalue weighted by Crippen LogP contribution is -2.43. The number of fused-ring (bicyclic) bond motifs is 1. The zero-order chi connectivity index (χ0) is 23.5. The molecule has 0 aliphatic carbocycles. The van der Waals surface area contributed by atoms with E-state index >= 15 is 0 Å². The predicted octanol–water partition coefficient (Wildman–Crippen LogP) is 4.98. The molecule has 0 spiro atoms. The number of para-hydroxylation sites is 1. The molecule has 1 amide bonds. The topological polar surface area (TPSA) is 71.9 Å². The molecule has 1 aliphatic rings. The van der Waals surface area contributed by atoms with Gasteiger partial charge in [-0.2, -0.15) is 0 Å². The van der Waals surface area contributed by atoms with Crippen molar-refractivity contribution in [3.8, 4) is 17.2 Å². The van der Waals surface area contributed by atoms with Crippen molar-refractivity contribution in [2.24, 2.45) is 11.8 Å². The third-order valence-corrected chi connectivity index (χ3v) is 6.51. The first kappa shape index (κ1) is 22.9. The lowest BCUT2D eigenvalue weighted by molar-refractivity contribution is -0.134. The minimum absolute atomic E-state index is 0.0394. The van der Waals surface area contributed by atoms with Crippen LogP contribution in [0.5, 0.6) is 17.2 Å². The van der Waals surface area contributed by atoms with Crippen molar-refractivity contribution in [3.05, 3.63) is 59.8 Å². The van der Waals surface area contributed by atoms with E-state index in [0.29, 0.717) is 28.9 Å². The Balaban J connectivity index is 1.78. The van der Waals surface area contributed by atoms with Crippen LogP contribution < -0.4 is 9.47 Å². The maximum atomic E-state index is 13.5. The van der Waals surface area contributed by atoms with Crippen LogP contribution in [0.15, 0.2) is 48.7 Å². The summed E-state index contributed by atoms with van der Waals surface area (Å²) in [5.74, 6) is 1.63. The van der Waals surface area contributed by atoms with Gasteiger partial charge in [-0.15, -0.1) is 0 Å². The Bertz CT molecular complexity index is 1140. The lowest BCUT2D eigenvalue weighted by atomic mass is 9.86. The van der Waals surface area contributed by atoms with E-state index < -0.39 is 5.92 Å². The molecule has 0 bridgehead atoms. The summed E-state index contributed by atoms with van der Waals surface area (Å²) in [7, 11) is 3.10. The fourth-order valence-corrected chi connectivity index (χ4v) is 5.06. The summed E-state index contributed by atoms with van der Waals surface area (Å²) in [4.78, 5) is 20.1. The molecule has 2 unspecified atom stereocenters. The summed E-state index contributed by atoms with van der Waals surface area (Å²) in [6, 6.07) is 13.2. The van der Waals surface area contributed by atoms with Gasteiger partial charge in [-0.3, -0.25) is 9.78 Å². The van der Waals surface area contributed by atoms with Crippen molar-refractivity contribution in [1.82, 2.24) is 9.88 Å². The molecule has 6 nitrogen and oxygen atoms in total. The van der Waals surface area contributed by atoms with Crippen molar-refractivity contribution in [1.29, 1.82) is 0 Å². The van der Waals surface area contributed by atoms with Gasteiger partial charge in [0.1, 0.15) is 17.2 Å². The standard InChI is InChI=1S/C27H32N2O4/c1-17-9-18(2)16-29(15-17)26(31)13-22(20-10-19-7-5-6-8-23(19)28-14-20)27-24(30)11-21(32-3)12-25(27)33-4/h5-8,10-12,14,17-18,22,30H,9,13,15-16H2,1-4H3/t17-,18?,22?/m0/s1. The number of likely N-dealkylation sites (tertiary alicyclic amines) is 1. The van der Waals surface area contributed by atoms with E-state index in [4.69, 9.17) is 9.47 Å². The van der Waals surface area contributed by atoms with E-state index in [1.54, 1.807) is 32.5 Å². The maximum absolute atomic E-state index is 13.5. The molecule has 33 heavy (non-hydrogen) atoms. The minimum atomic E-state index is -0.414. The van der Waals surface area contributed by atoms with Gasteiger partial charge in [0.15, 0.2) is 0 Å². The van der Waals surface area contributed by atoms with Crippen LogP contribution in [0.1, 0.15) is 43.7 Å². The number of rotatable bonds is 6. The molecule has 2 aromatic carbocycles. The molecule has 1 saturated heterocycles. The van der Waals surface area contributed by atoms with E-state index in [-0.39, 0.29) is 18.1 Å². The van der Waals surface area contributed by atoms with Crippen molar-refractivity contribution < 1.29 is 19.4 Å². The second kappa shape index (κ2) is 9.69. The molecule has 0 radical (unpaired) electrons. The number of phenols is 1. The Morgan fingerprint density at radius 3 is 2.55 bits per heavy atom. The number of piperidine rings is 1. The Kier molecular flexibility index (Phi) is 6.72. The fraction of sp³-hybridized carbons (Fsp3) is 0.407. The van der Waals surface area contributed by atoms with Gasteiger partial charge in [-0.1, -0.05) is 32.0 Å². The highest BCUT2D eigenvalue weighted by molar-refractivity contribution is 5.81. The largest absolute Gasteiger partial charge is 0.507 e. The van der Waals surface area contributed by atoms with Crippen molar-refractivity contribution in [3.63, 3.8) is 0 Å². The molecule has 6 heteroatoms. The second-order valence-electron chi connectivity index (χ2n) is 9.23.